The molecule has 0 aliphatic carbocycles. The third kappa shape index (κ3) is 3.04. The number of halogens is 2. The van der Waals surface area contributed by atoms with Gasteiger partial charge in [0.25, 0.3) is 0 Å². The third-order valence-corrected chi connectivity index (χ3v) is 4.08. The number of aldehydes is 1. The molecule has 21 heavy (non-hydrogen) atoms. The van der Waals surface area contributed by atoms with Crippen LogP contribution in [0.2, 0.25) is 4.34 Å². The summed E-state index contributed by atoms with van der Waals surface area (Å²) in [6.07, 6.45) is 2.41. The van der Waals surface area contributed by atoms with Crippen LogP contribution in [0.1, 0.15) is 15.9 Å². The molecule has 2 heterocycles. The monoisotopic (exact) mass is 320 g/mol. The fraction of sp³-hybridized carbons (Fsp3) is 0.0667. The molecule has 0 fully saturated rings. The third-order valence-electron chi connectivity index (χ3n) is 2.99. The molecule has 0 radical (unpaired) electrons. The molecule has 0 atom stereocenters. The molecule has 106 valence electrons. The molecule has 0 amide bonds. The first-order chi connectivity index (χ1) is 10.2. The van der Waals surface area contributed by atoms with E-state index in [-0.39, 0.29) is 5.82 Å². The maximum atomic E-state index is 13.2. The largest absolute Gasteiger partial charge is 0.298 e. The Morgan fingerprint density at radius 2 is 2.24 bits per heavy atom. The van der Waals surface area contributed by atoms with Gasteiger partial charge in [-0.05, 0) is 23.8 Å². The molecule has 3 nitrogen and oxygen atoms in total. The molecular weight excluding hydrogens is 311 g/mol. The summed E-state index contributed by atoms with van der Waals surface area (Å²) in [5.41, 5.74) is 2.67. The Kier molecular flexibility index (Phi) is 3.86. The lowest BCUT2D eigenvalue weighted by Crippen LogP contribution is -2.00. The Balaban J connectivity index is 1.94. The van der Waals surface area contributed by atoms with Crippen molar-refractivity contribution in [2.75, 3.05) is 0 Å². The molecule has 0 saturated carbocycles. The van der Waals surface area contributed by atoms with Crippen molar-refractivity contribution in [2.45, 2.75) is 6.54 Å². The van der Waals surface area contributed by atoms with Crippen LogP contribution in [0.25, 0.3) is 11.3 Å². The van der Waals surface area contributed by atoms with E-state index in [1.165, 1.54) is 23.5 Å². The molecule has 6 heteroatoms. The summed E-state index contributed by atoms with van der Waals surface area (Å²) in [6.45, 7) is 0.399. The fourth-order valence-electron chi connectivity index (χ4n) is 2.09. The summed E-state index contributed by atoms with van der Waals surface area (Å²) in [4.78, 5) is 11.2. The minimum absolute atomic E-state index is 0.292. The van der Waals surface area contributed by atoms with Crippen LogP contribution in [0.3, 0.4) is 0 Å². The van der Waals surface area contributed by atoms with E-state index in [0.717, 1.165) is 17.4 Å². The smallest absolute Gasteiger partial charge is 0.153 e. The number of hydrogen-bond acceptors (Lipinski definition) is 3. The number of benzene rings is 1. The zero-order valence-electron chi connectivity index (χ0n) is 10.8. The Labute approximate surface area is 129 Å². The van der Waals surface area contributed by atoms with Crippen LogP contribution in [0.4, 0.5) is 4.39 Å². The number of carbonyl (C=O) groups is 1. The molecule has 2 aromatic heterocycles. The molecule has 3 aromatic rings. The number of hydrogen-bond donors (Lipinski definition) is 0. The van der Waals surface area contributed by atoms with Crippen LogP contribution in [0.5, 0.6) is 0 Å². The highest BCUT2D eigenvalue weighted by Gasteiger charge is 2.12. The van der Waals surface area contributed by atoms with Gasteiger partial charge in [-0.25, -0.2) is 4.39 Å². The van der Waals surface area contributed by atoms with Gasteiger partial charge < -0.3 is 0 Å². The van der Waals surface area contributed by atoms with Crippen molar-refractivity contribution in [1.29, 1.82) is 0 Å². The standard InChI is InChI=1S/C15H10ClFN2OS/c16-14-5-11(9-21-14)15-12(8-20)7-19(18-15)6-10-2-1-3-13(17)4-10/h1-5,7-9H,6H2. The van der Waals surface area contributed by atoms with Crippen LogP contribution in [-0.2, 0) is 6.54 Å². The Hall–Kier alpha value is -1.98. The van der Waals surface area contributed by atoms with Gasteiger partial charge in [0.2, 0.25) is 0 Å². The van der Waals surface area contributed by atoms with Gasteiger partial charge in [0, 0.05) is 17.1 Å². The summed E-state index contributed by atoms with van der Waals surface area (Å²) in [5.74, 6) is -0.292. The maximum absolute atomic E-state index is 13.2. The van der Waals surface area contributed by atoms with Crippen molar-refractivity contribution in [2.24, 2.45) is 0 Å². The van der Waals surface area contributed by atoms with Crippen molar-refractivity contribution in [3.8, 4) is 11.3 Å². The van der Waals surface area contributed by atoms with E-state index in [1.807, 2.05) is 11.4 Å². The highest BCUT2D eigenvalue weighted by molar-refractivity contribution is 7.14. The van der Waals surface area contributed by atoms with Crippen LogP contribution in [-0.4, -0.2) is 16.1 Å². The van der Waals surface area contributed by atoms with E-state index in [1.54, 1.807) is 23.0 Å². The summed E-state index contributed by atoms with van der Waals surface area (Å²) in [7, 11) is 0. The van der Waals surface area contributed by atoms with Crippen molar-refractivity contribution in [3.63, 3.8) is 0 Å². The normalized spacial score (nSPS) is 10.8. The van der Waals surface area contributed by atoms with Gasteiger partial charge in [-0.2, -0.15) is 5.10 Å². The number of thiophene rings is 1. The summed E-state index contributed by atoms with van der Waals surface area (Å²) >= 11 is 7.30. The second kappa shape index (κ2) is 5.79. The lowest BCUT2D eigenvalue weighted by atomic mass is 10.2. The van der Waals surface area contributed by atoms with Gasteiger partial charge in [-0.1, -0.05) is 23.7 Å². The van der Waals surface area contributed by atoms with Gasteiger partial charge in [0.15, 0.2) is 6.29 Å². The van der Waals surface area contributed by atoms with Gasteiger partial charge in [-0.3, -0.25) is 9.48 Å². The molecule has 0 spiro atoms. The molecule has 0 N–H and O–H groups in total. The molecule has 3 rings (SSSR count). The first-order valence-corrected chi connectivity index (χ1v) is 7.43. The van der Waals surface area contributed by atoms with Gasteiger partial charge in [-0.15, -0.1) is 11.3 Å². The molecule has 0 aliphatic heterocycles. The molecule has 0 saturated heterocycles. The highest BCUT2D eigenvalue weighted by atomic mass is 35.5. The lowest BCUT2D eigenvalue weighted by Gasteiger charge is -2.01. The average Bonchev–Trinajstić information content (AvgIpc) is 3.05. The Morgan fingerprint density at radius 1 is 1.38 bits per heavy atom. The van der Waals surface area contributed by atoms with Gasteiger partial charge in [0.1, 0.15) is 11.5 Å². The first kappa shape index (κ1) is 14.0. The average molecular weight is 321 g/mol. The number of carbonyl (C=O) groups excluding carboxylic acids is 1. The van der Waals surface area contributed by atoms with E-state index in [9.17, 15) is 9.18 Å². The van der Waals surface area contributed by atoms with Gasteiger partial charge >= 0.3 is 0 Å². The van der Waals surface area contributed by atoms with E-state index >= 15 is 0 Å². The van der Waals surface area contributed by atoms with E-state index in [0.29, 0.717) is 22.1 Å². The van der Waals surface area contributed by atoms with E-state index < -0.39 is 0 Å². The molecule has 0 unspecified atom stereocenters. The SMILES string of the molecule is O=Cc1cn(Cc2cccc(F)c2)nc1-c1csc(Cl)c1. The number of rotatable bonds is 4. The topological polar surface area (TPSA) is 34.9 Å². The summed E-state index contributed by atoms with van der Waals surface area (Å²) in [5, 5.41) is 6.25. The number of aromatic nitrogens is 2. The zero-order chi connectivity index (χ0) is 14.8. The minimum Gasteiger partial charge on any atom is -0.298 e. The predicted octanol–water partition coefficient (Wildman–Crippen LogP) is 4.26. The molecule has 0 aliphatic rings. The Bertz CT molecular complexity index is 797. The quantitative estimate of drug-likeness (QED) is 0.673. The molecule has 0 bridgehead atoms. The Morgan fingerprint density at radius 3 is 2.90 bits per heavy atom. The summed E-state index contributed by atoms with van der Waals surface area (Å²) < 4.78 is 15.5. The summed E-state index contributed by atoms with van der Waals surface area (Å²) in [6, 6.07) is 8.07. The highest BCUT2D eigenvalue weighted by Crippen LogP contribution is 2.29. The van der Waals surface area contributed by atoms with E-state index in [2.05, 4.69) is 5.10 Å². The van der Waals surface area contributed by atoms with Crippen molar-refractivity contribution in [3.05, 3.63) is 63.2 Å². The van der Waals surface area contributed by atoms with Crippen LogP contribution >= 0.6 is 22.9 Å². The second-order valence-electron chi connectivity index (χ2n) is 4.52. The maximum Gasteiger partial charge on any atom is 0.153 e. The van der Waals surface area contributed by atoms with Crippen LogP contribution in [0.15, 0.2) is 41.9 Å². The van der Waals surface area contributed by atoms with Crippen molar-refractivity contribution >= 4 is 29.2 Å². The van der Waals surface area contributed by atoms with Gasteiger partial charge in [0.05, 0.1) is 16.4 Å². The van der Waals surface area contributed by atoms with Crippen molar-refractivity contribution in [1.82, 2.24) is 9.78 Å². The van der Waals surface area contributed by atoms with Crippen LogP contribution in [0, 0.1) is 5.82 Å². The fourth-order valence-corrected chi connectivity index (χ4v) is 2.95. The lowest BCUT2D eigenvalue weighted by molar-refractivity contribution is 0.112. The van der Waals surface area contributed by atoms with Crippen LogP contribution < -0.4 is 0 Å². The molecular formula is C15H10ClFN2OS. The second-order valence-corrected chi connectivity index (χ2v) is 6.06. The predicted molar refractivity (Wildman–Crippen MR) is 81.4 cm³/mol. The first-order valence-electron chi connectivity index (χ1n) is 6.17. The number of nitrogens with zero attached hydrogens (tertiary/aromatic N) is 2. The minimum atomic E-state index is -0.292. The zero-order valence-corrected chi connectivity index (χ0v) is 12.4. The van der Waals surface area contributed by atoms with E-state index in [4.69, 9.17) is 11.6 Å². The van der Waals surface area contributed by atoms with Crippen molar-refractivity contribution < 1.29 is 9.18 Å². The molecule has 1 aromatic carbocycles.